The molecule has 0 fully saturated rings. The minimum atomic E-state index is 0.0325. The van der Waals surface area contributed by atoms with Crippen LogP contribution in [0, 0.1) is 5.92 Å². The fraction of sp³-hybridized carbons (Fsp3) is 0.643. The fourth-order valence-corrected chi connectivity index (χ4v) is 2.04. The average Bonchev–Trinajstić information content (AvgIpc) is 2.34. The van der Waals surface area contributed by atoms with E-state index in [0.717, 1.165) is 31.5 Å². The maximum atomic E-state index is 11.9. The van der Waals surface area contributed by atoms with Gasteiger partial charge in [-0.1, -0.05) is 24.3 Å². The molecule has 3 nitrogen and oxygen atoms in total. The summed E-state index contributed by atoms with van der Waals surface area (Å²) in [6.07, 6.45) is 7.85. The second kappa shape index (κ2) is 7.15. The van der Waals surface area contributed by atoms with E-state index in [-0.39, 0.29) is 6.03 Å². The van der Waals surface area contributed by atoms with Crippen LogP contribution in [0.1, 0.15) is 33.1 Å². The van der Waals surface area contributed by atoms with Crippen LogP contribution in [-0.4, -0.2) is 30.6 Å². The number of urea groups is 1. The Hall–Kier alpha value is -1.25. The second-order valence-electron chi connectivity index (χ2n) is 4.81. The van der Waals surface area contributed by atoms with Crippen molar-refractivity contribution in [3.05, 3.63) is 24.3 Å². The third-order valence-electron chi connectivity index (χ3n) is 3.05. The molecule has 1 atom stereocenters. The number of nitrogens with one attached hydrogen (secondary N) is 1. The summed E-state index contributed by atoms with van der Waals surface area (Å²) in [5.74, 6) is 0.604. The molecule has 0 radical (unpaired) electrons. The van der Waals surface area contributed by atoms with Gasteiger partial charge in [-0.25, -0.2) is 4.79 Å². The van der Waals surface area contributed by atoms with Crippen molar-refractivity contribution < 1.29 is 4.79 Å². The minimum absolute atomic E-state index is 0.0325. The van der Waals surface area contributed by atoms with Crippen molar-refractivity contribution in [2.24, 2.45) is 5.92 Å². The molecule has 1 unspecified atom stereocenters. The number of allylic oxidation sites excluding steroid dienone is 2. The van der Waals surface area contributed by atoms with Gasteiger partial charge in [-0.2, -0.15) is 0 Å². The first-order chi connectivity index (χ1) is 8.13. The topological polar surface area (TPSA) is 32.3 Å². The highest BCUT2D eigenvalue weighted by atomic mass is 16.2. The van der Waals surface area contributed by atoms with Crippen molar-refractivity contribution in [1.29, 1.82) is 0 Å². The summed E-state index contributed by atoms with van der Waals surface area (Å²) in [6.45, 7) is 9.94. The summed E-state index contributed by atoms with van der Waals surface area (Å²) in [7, 11) is 0. The van der Waals surface area contributed by atoms with Crippen molar-refractivity contribution in [2.45, 2.75) is 33.1 Å². The zero-order valence-corrected chi connectivity index (χ0v) is 11.0. The number of amides is 2. The largest absolute Gasteiger partial charge is 0.338 e. The lowest BCUT2D eigenvalue weighted by Crippen LogP contribution is -2.42. The third kappa shape index (κ3) is 5.07. The molecule has 1 aliphatic rings. The normalized spacial score (nSPS) is 18.8. The summed E-state index contributed by atoms with van der Waals surface area (Å²) in [4.78, 5) is 13.7. The van der Waals surface area contributed by atoms with E-state index < -0.39 is 0 Å². The van der Waals surface area contributed by atoms with Crippen LogP contribution < -0.4 is 5.32 Å². The first-order valence-corrected chi connectivity index (χ1v) is 6.45. The van der Waals surface area contributed by atoms with E-state index in [1.807, 2.05) is 13.8 Å². The van der Waals surface area contributed by atoms with Crippen LogP contribution in [-0.2, 0) is 0 Å². The van der Waals surface area contributed by atoms with Gasteiger partial charge in [-0.3, -0.25) is 0 Å². The van der Waals surface area contributed by atoms with Crippen LogP contribution in [0.15, 0.2) is 24.3 Å². The monoisotopic (exact) mass is 236 g/mol. The standard InChI is InChI=1S/C14H24N2O/c1-4-16(11-12(2)3)14(17)15-10-13-8-6-5-7-9-13/h5-6,13H,2,4,7-11H2,1,3H3,(H,15,17). The molecule has 1 aliphatic carbocycles. The van der Waals surface area contributed by atoms with Gasteiger partial charge in [0.1, 0.15) is 0 Å². The Morgan fingerprint density at radius 1 is 1.53 bits per heavy atom. The second-order valence-corrected chi connectivity index (χ2v) is 4.81. The molecule has 0 aliphatic heterocycles. The molecule has 1 rings (SSSR count). The Bertz CT molecular complexity index is 297. The smallest absolute Gasteiger partial charge is 0.317 e. The van der Waals surface area contributed by atoms with Crippen molar-refractivity contribution >= 4 is 6.03 Å². The lowest BCUT2D eigenvalue weighted by molar-refractivity contribution is 0.202. The van der Waals surface area contributed by atoms with E-state index >= 15 is 0 Å². The summed E-state index contributed by atoms with van der Waals surface area (Å²) in [5, 5.41) is 3.02. The molecule has 0 bridgehead atoms. The van der Waals surface area contributed by atoms with Crippen LogP contribution in [0.5, 0.6) is 0 Å². The predicted molar refractivity (Wildman–Crippen MR) is 71.9 cm³/mol. The summed E-state index contributed by atoms with van der Waals surface area (Å²) >= 11 is 0. The summed E-state index contributed by atoms with van der Waals surface area (Å²) in [5.41, 5.74) is 1.02. The number of hydrogen-bond acceptors (Lipinski definition) is 1. The van der Waals surface area contributed by atoms with Crippen LogP contribution in [0.3, 0.4) is 0 Å². The molecule has 3 heteroatoms. The maximum Gasteiger partial charge on any atom is 0.317 e. The van der Waals surface area contributed by atoms with Crippen molar-refractivity contribution in [1.82, 2.24) is 10.2 Å². The lowest BCUT2D eigenvalue weighted by Gasteiger charge is -2.24. The first-order valence-electron chi connectivity index (χ1n) is 6.45. The van der Waals surface area contributed by atoms with Crippen LogP contribution >= 0.6 is 0 Å². The SMILES string of the molecule is C=C(C)CN(CC)C(=O)NCC1CC=CCC1. The van der Waals surface area contributed by atoms with Crippen molar-refractivity contribution in [3.63, 3.8) is 0 Å². The number of hydrogen-bond donors (Lipinski definition) is 1. The van der Waals surface area contributed by atoms with E-state index in [9.17, 15) is 4.79 Å². The van der Waals surface area contributed by atoms with E-state index in [4.69, 9.17) is 0 Å². The van der Waals surface area contributed by atoms with Crippen LogP contribution in [0.2, 0.25) is 0 Å². The Morgan fingerprint density at radius 3 is 2.82 bits per heavy atom. The molecule has 2 amide bonds. The predicted octanol–water partition coefficient (Wildman–Crippen LogP) is 2.95. The van der Waals surface area contributed by atoms with Gasteiger partial charge >= 0.3 is 6.03 Å². The highest BCUT2D eigenvalue weighted by Gasteiger charge is 2.14. The molecule has 17 heavy (non-hydrogen) atoms. The Kier molecular flexibility index (Phi) is 5.81. The Morgan fingerprint density at radius 2 is 2.29 bits per heavy atom. The van der Waals surface area contributed by atoms with Gasteiger partial charge in [0, 0.05) is 19.6 Å². The Labute approximate surface area is 105 Å². The summed E-state index contributed by atoms with van der Waals surface area (Å²) in [6, 6.07) is 0.0325. The maximum absolute atomic E-state index is 11.9. The molecule has 0 saturated heterocycles. The van der Waals surface area contributed by atoms with E-state index in [0.29, 0.717) is 12.5 Å². The third-order valence-corrected chi connectivity index (χ3v) is 3.05. The lowest BCUT2D eigenvalue weighted by atomic mass is 9.94. The minimum Gasteiger partial charge on any atom is -0.338 e. The van der Waals surface area contributed by atoms with Gasteiger partial charge in [0.05, 0.1) is 0 Å². The van der Waals surface area contributed by atoms with Gasteiger partial charge < -0.3 is 10.2 Å². The highest BCUT2D eigenvalue weighted by molar-refractivity contribution is 5.74. The number of rotatable bonds is 5. The molecule has 0 aromatic heterocycles. The van der Waals surface area contributed by atoms with Crippen molar-refractivity contribution in [3.8, 4) is 0 Å². The zero-order chi connectivity index (χ0) is 12.7. The number of likely N-dealkylation sites (N-methyl/N-ethyl adjacent to an activating group) is 1. The Balaban J connectivity index is 2.31. The fourth-order valence-electron chi connectivity index (χ4n) is 2.04. The molecule has 0 saturated carbocycles. The van der Waals surface area contributed by atoms with E-state index in [1.54, 1.807) is 4.90 Å². The molecule has 0 heterocycles. The van der Waals surface area contributed by atoms with Crippen LogP contribution in [0.4, 0.5) is 4.79 Å². The molecule has 96 valence electrons. The molecular formula is C14H24N2O. The molecule has 0 aromatic carbocycles. The van der Waals surface area contributed by atoms with E-state index in [2.05, 4.69) is 24.0 Å². The average molecular weight is 236 g/mol. The first kappa shape index (κ1) is 13.8. The number of carbonyl (C=O) groups excluding carboxylic acids is 1. The quantitative estimate of drug-likeness (QED) is 0.731. The van der Waals surface area contributed by atoms with Gasteiger partial charge in [0.2, 0.25) is 0 Å². The van der Waals surface area contributed by atoms with E-state index in [1.165, 1.54) is 6.42 Å². The van der Waals surface area contributed by atoms with Gasteiger partial charge in [0.15, 0.2) is 0 Å². The molecular weight excluding hydrogens is 212 g/mol. The zero-order valence-electron chi connectivity index (χ0n) is 11.0. The van der Waals surface area contributed by atoms with Gasteiger partial charge in [0.25, 0.3) is 0 Å². The molecule has 0 spiro atoms. The highest BCUT2D eigenvalue weighted by Crippen LogP contribution is 2.16. The van der Waals surface area contributed by atoms with Crippen molar-refractivity contribution in [2.75, 3.05) is 19.6 Å². The molecule has 0 aromatic rings. The van der Waals surface area contributed by atoms with Gasteiger partial charge in [-0.15, -0.1) is 0 Å². The molecule has 1 N–H and O–H groups in total. The number of nitrogens with zero attached hydrogens (tertiary/aromatic N) is 1. The number of carbonyl (C=O) groups is 1. The van der Waals surface area contributed by atoms with Gasteiger partial charge in [-0.05, 0) is 39.0 Å². The summed E-state index contributed by atoms with van der Waals surface area (Å²) < 4.78 is 0. The van der Waals surface area contributed by atoms with Crippen LogP contribution in [0.25, 0.3) is 0 Å².